The zero-order chi connectivity index (χ0) is 8.27. The standard InChI is InChI=1S/C8H11NO2/c1-6(11)8-7(5-10)3-2-4-9-8/h2-4,6,10-11H,5H2,1H3. The summed E-state index contributed by atoms with van der Waals surface area (Å²) < 4.78 is 0. The Morgan fingerprint density at radius 3 is 2.82 bits per heavy atom. The lowest BCUT2D eigenvalue weighted by atomic mass is 10.1. The van der Waals surface area contributed by atoms with Gasteiger partial charge < -0.3 is 10.2 Å². The van der Waals surface area contributed by atoms with Crippen molar-refractivity contribution < 1.29 is 10.2 Å². The van der Waals surface area contributed by atoms with Crippen molar-refractivity contribution in [2.45, 2.75) is 19.6 Å². The predicted molar refractivity (Wildman–Crippen MR) is 40.8 cm³/mol. The third kappa shape index (κ3) is 1.76. The van der Waals surface area contributed by atoms with Crippen LogP contribution in [0.4, 0.5) is 0 Å². The maximum atomic E-state index is 9.16. The van der Waals surface area contributed by atoms with E-state index in [0.29, 0.717) is 11.3 Å². The number of aliphatic hydroxyl groups excluding tert-OH is 2. The van der Waals surface area contributed by atoms with Crippen LogP contribution in [0.5, 0.6) is 0 Å². The van der Waals surface area contributed by atoms with Crippen molar-refractivity contribution in [3.63, 3.8) is 0 Å². The van der Waals surface area contributed by atoms with E-state index in [1.54, 1.807) is 25.3 Å². The van der Waals surface area contributed by atoms with E-state index in [4.69, 9.17) is 10.2 Å². The Hall–Kier alpha value is -0.930. The van der Waals surface area contributed by atoms with Gasteiger partial charge in [0.2, 0.25) is 0 Å². The number of aliphatic hydroxyl groups is 2. The van der Waals surface area contributed by atoms with Crippen molar-refractivity contribution in [1.29, 1.82) is 0 Å². The molecule has 60 valence electrons. The summed E-state index contributed by atoms with van der Waals surface area (Å²) >= 11 is 0. The maximum Gasteiger partial charge on any atom is 0.0935 e. The summed E-state index contributed by atoms with van der Waals surface area (Å²) in [5.74, 6) is 0. The molecule has 0 radical (unpaired) electrons. The molecule has 0 amide bonds. The highest BCUT2D eigenvalue weighted by atomic mass is 16.3. The molecular formula is C8H11NO2. The molecule has 1 unspecified atom stereocenters. The highest BCUT2D eigenvalue weighted by molar-refractivity contribution is 5.20. The quantitative estimate of drug-likeness (QED) is 0.655. The summed E-state index contributed by atoms with van der Waals surface area (Å²) in [6, 6.07) is 3.48. The summed E-state index contributed by atoms with van der Waals surface area (Å²) in [7, 11) is 0. The molecule has 1 rings (SSSR count). The van der Waals surface area contributed by atoms with Gasteiger partial charge in [-0.15, -0.1) is 0 Å². The van der Waals surface area contributed by atoms with E-state index in [9.17, 15) is 0 Å². The Bertz CT molecular complexity index is 235. The maximum absolute atomic E-state index is 9.16. The van der Waals surface area contributed by atoms with Crippen LogP contribution in [0.25, 0.3) is 0 Å². The van der Waals surface area contributed by atoms with Crippen LogP contribution in [-0.2, 0) is 6.61 Å². The number of hydrogen-bond donors (Lipinski definition) is 2. The van der Waals surface area contributed by atoms with Crippen LogP contribution in [0.15, 0.2) is 18.3 Å². The van der Waals surface area contributed by atoms with Gasteiger partial charge >= 0.3 is 0 Å². The molecule has 0 aliphatic carbocycles. The van der Waals surface area contributed by atoms with Crippen LogP contribution in [-0.4, -0.2) is 15.2 Å². The zero-order valence-corrected chi connectivity index (χ0v) is 6.36. The molecule has 0 spiro atoms. The first-order chi connectivity index (χ1) is 5.25. The molecule has 0 bridgehead atoms. The Kier molecular flexibility index (Phi) is 2.57. The van der Waals surface area contributed by atoms with E-state index < -0.39 is 6.10 Å². The first-order valence-electron chi connectivity index (χ1n) is 3.48. The van der Waals surface area contributed by atoms with Gasteiger partial charge in [-0.25, -0.2) is 0 Å². The number of aromatic nitrogens is 1. The molecule has 11 heavy (non-hydrogen) atoms. The molecule has 0 aliphatic rings. The topological polar surface area (TPSA) is 53.4 Å². The fraction of sp³-hybridized carbons (Fsp3) is 0.375. The van der Waals surface area contributed by atoms with Crippen LogP contribution >= 0.6 is 0 Å². The second kappa shape index (κ2) is 3.46. The minimum absolute atomic E-state index is 0.0753. The summed E-state index contributed by atoms with van der Waals surface area (Å²) in [4.78, 5) is 3.94. The van der Waals surface area contributed by atoms with Crippen molar-refractivity contribution >= 4 is 0 Å². The highest BCUT2D eigenvalue weighted by Crippen LogP contribution is 2.13. The summed E-state index contributed by atoms with van der Waals surface area (Å²) in [5.41, 5.74) is 1.23. The van der Waals surface area contributed by atoms with E-state index in [-0.39, 0.29) is 6.61 Å². The molecule has 0 aliphatic heterocycles. The summed E-state index contributed by atoms with van der Waals surface area (Å²) in [5, 5.41) is 18.0. The monoisotopic (exact) mass is 153 g/mol. The second-order valence-corrected chi connectivity index (χ2v) is 2.38. The first kappa shape index (κ1) is 8.17. The molecule has 3 nitrogen and oxygen atoms in total. The Labute approximate surface area is 65.3 Å². The molecule has 1 heterocycles. The molecule has 1 aromatic rings. The van der Waals surface area contributed by atoms with Gasteiger partial charge in [0.05, 0.1) is 18.4 Å². The lowest BCUT2D eigenvalue weighted by Gasteiger charge is -2.07. The third-order valence-corrected chi connectivity index (χ3v) is 1.49. The fourth-order valence-corrected chi connectivity index (χ4v) is 0.961. The normalized spacial score (nSPS) is 13.0. The minimum atomic E-state index is -0.613. The van der Waals surface area contributed by atoms with Crippen molar-refractivity contribution in [3.05, 3.63) is 29.6 Å². The van der Waals surface area contributed by atoms with E-state index in [1.807, 2.05) is 0 Å². The molecule has 0 aromatic carbocycles. The van der Waals surface area contributed by atoms with Gasteiger partial charge in [-0.05, 0) is 13.0 Å². The lowest BCUT2D eigenvalue weighted by Crippen LogP contribution is -2.00. The second-order valence-electron chi connectivity index (χ2n) is 2.38. The number of pyridine rings is 1. The van der Waals surface area contributed by atoms with Gasteiger partial charge in [-0.3, -0.25) is 4.98 Å². The van der Waals surface area contributed by atoms with E-state index in [2.05, 4.69) is 4.98 Å². The number of hydrogen-bond acceptors (Lipinski definition) is 3. The van der Waals surface area contributed by atoms with Crippen molar-refractivity contribution in [3.8, 4) is 0 Å². The molecule has 0 saturated heterocycles. The van der Waals surface area contributed by atoms with E-state index in [0.717, 1.165) is 0 Å². The van der Waals surface area contributed by atoms with Crippen molar-refractivity contribution in [2.24, 2.45) is 0 Å². The molecule has 1 atom stereocenters. The average Bonchev–Trinajstić information content (AvgIpc) is 2.04. The van der Waals surface area contributed by atoms with Gasteiger partial charge in [0.15, 0.2) is 0 Å². The number of rotatable bonds is 2. The van der Waals surface area contributed by atoms with Crippen LogP contribution < -0.4 is 0 Å². The number of nitrogens with zero attached hydrogens (tertiary/aromatic N) is 1. The van der Waals surface area contributed by atoms with Gasteiger partial charge in [0.25, 0.3) is 0 Å². The predicted octanol–water partition coefficient (Wildman–Crippen LogP) is 0.627. The average molecular weight is 153 g/mol. The molecule has 3 heteroatoms. The van der Waals surface area contributed by atoms with Crippen LogP contribution in [0, 0.1) is 0 Å². The fourth-order valence-electron chi connectivity index (χ4n) is 0.961. The van der Waals surface area contributed by atoms with Gasteiger partial charge in [-0.2, -0.15) is 0 Å². The summed E-state index contributed by atoms with van der Waals surface area (Å²) in [6.45, 7) is 1.55. The third-order valence-electron chi connectivity index (χ3n) is 1.49. The highest BCUT2D eigenvalue weighted by Gasteiger charge is 2.06. The van der Waals surface area contributed by atoms with E-state index >= 15 is 0 Å². The first-order valence-corrected chi connectivity index (χ1v) is 3.48. The summed E-state index contributed by atoms with van der Waals surface area (Å²) in [6.07, 6.45) is 0.986. The molecular weight excluding hydrogens is 142 g/mol. The van der Waals surface area contributed by atoms with E-state index in [1.165, 1.54) is 0 Å². The van der Waals surface area contributed by atoms with Crippen LogP contribution in [0.1, 0.15) is 24.3 Å². The van der Waals surface area contributed by atoms with Gasteiger partial charge in [-0.1, -0.05) is 6.07 Å². The lowest BCUT2D eigenvalue weighted by molar-refractivity contribution is 0.188. The zero-order valence-electron chi connectivity index (χ0n) is 6.36. The largest absolute Gasteiger partial charge is 0.392 e. The van der Waals surface area contributed by atoms with Gasteiger partial charge in [0.1, 0.15) is 0 Å². The molecule has 0 saturated carbocycles. The van der Waals surface area contributed by atoms with Gasteiger partial charge in [0, 0.05) is 11.8 Å². The minimum Gasteiger partial charge on any atom is -0.392 e. The molecule has 1 aromatic heterocycles. The van der Waals surface area contributed by atoms with Crippen molar-refractivity contribution in [2.75, 3.05) is 0 Å². The Balaban J connectivity index is 3.02. The SMILES string of the molecule is CC(O)c1ncccc1CO. The molecule has 2 N–H and O–H groups in total. The molecule has 0 fully saturated rings. The Morgan fingerprint density at radius 1 is 1.64 bits per heavy atom. The smallest absolute Gasteiger partial charge is 0.0935 e. The van der Waals surface area contributed by atoms with Crippen molar-refractivity contribution in [1.82, 2.24) is 4.98 Å². The Morgan fingerprint density at radius 2 is 2.36 bits per heavy atom. The van der Waals surface area contributed by atoms with Crippen LogP contribution in [0.3, 0.4) is 0 Å². The van der Waals surface area contributed by atoms with Crippen LogP contribution in [0.2, 0.25) is 0 Å².